The highest BCUT2D eigenvalue weighted by atomic mass is 16.5. The zero-order valence-corrected chi connectivity index (χ0v) is 8.50. The second-order valence-electron chi connectivity index (χ2n) is 3.24. The number of fused-ring (bicyclic) bond motifs is 1. The first kappa shape index (κ1) is 10.1. The third kappa shape index (κ3) is 2.22. The van der Waals surface area contributed by atoms with Crippen molar-refractivity contribution in [3.8, 4) is 5.75 Å². The molecule has 72 valence electrons. The van der Waals surface area contributed by atoms with Gasteiger partial charge < -0.3 is 10.5 Å². The fourth-order valence-electron chi connectivity index (χ4n) is 1.55. The summed E-state index contributed by atoms with van der Waals surface area (Å²) in [6.07, 6.45) is 1.43. The fourth-order valence-corrected chi connectivity index (χ4v) is 1.55. The number of rotatable bonds is 0. The molecule has 1 heterocycles. The van der Waals surface area contributed by atoms with Crippen molar-refractivity contribution >= 4 is 0 Å². The van der Waals surface area contributed by atoms with E-state index in [0.717, 1.165) is 12.2 Å². The molecule has 0 unspecified atom stereocenters. The molecule has 2 rings (SSSR count). The van der Waals surface area contributed by atoms with E-state index in [0.29, 0.717) is 6.10 Å². The fraction of sp³-hybridized carbons (Fsp3) is 0.455. The Morgan fingerprint density at radius 1 is 1.38 bits per heavy atom. The summed E-state index contributed by atoms with van der Waals surface area (Å²) in [7, 11) is 1.50. The van der Waals surface area contributed by atoms with Crippen molar-refractivity contribution in [3.63, 3.8) is 0 Å². The van der Waals surface area contributed by atoms with E-state index in [1.54, 1.807) is 0 Å². The predicted octanol–water partition coefficient (Wildman–Crippen LogP) is 1.89. The summed E-state index contributed by atoms with van der Waals surface area (Å²) in [5, 5.41) is 0. The summed E-state index contributed by atoms with van der Waals surface area (Å²) < 4.78 is 5.56. The highest BCUT2D eigenvalue weighted by molar-refractivity contribution is 5.40. The molecule has 1 aromatic carbocycles. The Hall–Kier alpha value is -1.02. The standard InChI is InChI=1S/C10H12O.CH5N/c1-7-3-4-10-9(5-7)6-8(2)11-10;1-2/h3-5,8H,6H2,1-2H3;2H2,1H3/t8-;/m1./s1. The van der Waals surface area contributed by atoms with Crippen LogP contribution in [0.25, 0.3) is 0 Å². The molecule has 2 heteroatoms. The molecule has 0 saturated carbocycles. The smallest absolute Gasteiger partial charge is 0.123 e. The normalized spacial score (nSPS) is 18.3. The van der Waals surface area contributed by atoms with Crippen LogP contribution < -0.4 is 10.5 Å². The number of hydrogen-bond acceptors (Lipinski definition) is 2. The van der Waals surface area contributed by atoms with Gasteiger partial charge >= 0.3 is 0 Å². The second kappa shape index (κ2) is 4.28. The number of benzene rings is 1. The Morgan fingerprint density at radius 3 is 2.77 bits per heavy atom. The molecule has 0 fully saturated rings. The monoisotopic (exact) mass is 179 g/mol. The van der Waals surface area contributed by atoms with E-state index < -0.39 is 0 Å². The number of ether oxygens (including phenoxy) is 1. The van der Waals surface area contributed by atoms with E-state index in [1.807, 2.05) is 0 Å². The van der Waals surface area contributed by atoms with Crippen molar-refractivity contribution < 1.29 is 4.74 Å². The lowest BCUT2D eigenvalue weighted by Crippen LogP contribution is -2.05. The lowest BCUT2D eigenvalue weighted by atomic mass is 10.1. The van der Waals surface area contributed by atoms with Gasteiger partial charge in [0.05, 0.1) is 0 Å². The molecule has 1 atom stereocenters. The molecule has 0 amide bonds. The van der Waals surface area contributed by atoms with Gasteiger partial charge in [0.2, 0.25) is 0 Å². The minimum absolute atomic E-state index is 0.367. The lowest BCUT2D eigenvalue weighted by Gasteiger charge is -2.01. The summed E-state index contributed by atoms with van der Waals surface area (Å²) in [4.78, 5) is 0. The van der Waals surface area contributed by atoms with Crippen LogP contribution in [0.4, 0.5) is 0 Å². The van der Waals surface area contributed by atoms with Crippen molar-refractivity contribution in [1.82, 2.24) is 0 Å². The maximum Gasteiger partial charge on any atom is 0.123 e. The van der Waals surface area contributed by atoms with Crippen molar-refractivity contribution in [2.45, 2.75) is 26.4 Å². The molecule has 0 bridgehead atoms. The zero-order valence-electron chi connectivity index (χ0n) is 8.50. The van der Waals surface area contributed by atoms with Crippen LogP contribution in [0.1, 0.15) is 18.1 Å². The van der Waals surface area contributed by atoms with Crippen LogP contribution in [0, 0.1) is 6.92 Å². The quantitative estimate of drug-likeness (QED) is 0.660. The molecule has 1 aromatic rings. The Labute approximate surface area is 79.7 Å². The van der Waals surface area contributed by atoms with Crippen molar-refractivity contribution in [2.75, 3.05) is 7.05 Å². The molecule has 13 heavy (non-hydrogen) atoms. The minimum Gasteiger partial charge on any atom is -0.490 e. The topological polar surface area (TPSA) is 35.2 Å². The Bertz CT molecular complexity index is 283. The van der Waals surface area contributed by atoms with E-state index in [-0.39, 0.29) is 0 Å². The van der Waals surface area contributed by atoms with Gasteiger partial charge in [0.15, 0.2) is 0 Å². The van der Waals surface area contributed by atoms with Crippen LogP contribution >= 0.6 is 0 Å². The van der Waals surface area contributed by atoms with E-state index in [9.17, 15) is 0 Å². The molecular formula is C11H17NO. The molecular weight excluding hydrogens is 162 g/mol. The molecule has 0 saturated heterocycles. The molecule has 1 aliphatic rings. The Kier molecular flexibility index (Phi) is 3.32. The van der Waals surface area contributed by atoms with E-state index in [4.69, 9.17) is 4.74 Å². The van der Waals surface area contributed by atoms with Crippen LogP contribution in [-0.2, 0) is 6.42 Å². The Balaban J connectivity index is 0.000000396. The second-order valence-corrected chi connectivity index (χ2v) is 3.24. The first-order chi connectivity index (χ1) is 6.25. The van der Waals surface area contributed by atoms with Gasteiger partial charge in [0.1, 0.15) is 11.9 Å². The third-order valence-corrected chi connectivity index (χ3v) is 2.05. The summed E-state index contributed by atoms with van der Waals surface area (Å²) >= 11 is 0. The van der Waals surface area contributed by atoms with E-state index in [1.165, 1.54) is 18.2 Å². The molecule has 2 nitrogen and oxygen atoms in total. The van der Waals surface area contributed by atoms with Gasteiger partial charge in [0, 0.05) is 6.42 Å². The van der Waals surface area contributed by atoms with Gasteiger partial charge in [-0.1, -0.05) is 17.7 Å². The van der Waals surface area contributed by atoms with Crippen molar-refractivity contribution in [3.05, 3.63) is 29.3 Å². The molecule has 0 aromatic heterocycles. The highest BCUT2D eigenvalue weighted by Gasteiger charge is 2.17. The van der Waals surface area contributed by atoms with E-state index >= 15 is 0 Å². The van der Waals surface area contributed by atoms with Crippen LogP contribution in [-0.4, -0.2) is 13.2 Å². The predicted molar refractivity (Wildman–Crippen MR) is 55.1 cm³/mol. The van der Waals surface area contributed by atoms with Crippen LogP contribution in [0.2, 0.25) is 0 Å². The first-order valence-corrected chi connectivity index (χ1v) is 4.59. The Morgan fingerprint density at radius 2 is 2.08 bits per heavy atom. The number of aryl methyl sites for hydroxylation is 1. The maximum absolute atomic E-state index is 5.56. The first-order valence-electron chi connectivity index (χ1n) is 4.59. The number of hydrogen-bond donors (Lipinski definition) is 1. The average molecular weight is 179 g/mol. The molecule has 0 radical (unpaired) electrons. The summed E-state index contributed by atoms with van der Waals surface area (Å²) in [5.41, 5.74) is 7.18. The summed E-state index contributed by atoms with van der Waals surface area (Å²) in [6, 6.07) is 6.36. The average Bonchev–Trinajstić information content (AvgIpc) is 2.48. The number of nitrogens with two attached hydrogens (primary N) is 1. The largest absolute Gasteiger partial charge is 0.490 e. The summed E-state index contributed by atoms with van der Waals surface area (Å²) in [5.74, 6) is 1.07. The molecule has 0 aliphatic carbocycles. The van der Waals surface area contributed by atoms with Crippen LogP contribution in [0.5, 0.6) is 5.75 Å². The van der Waals surface area contributed by atoms with Gasteiger partial charge in [-0.2, -0.15) is 0 Å². The molecule has 0 spiro atoms. The minimum atomic E-state index is 0.367. The van der Waals surface area contributed by atoms with Gasteiger partial charge in [-0.3, -0.25) is 0 Å². The van der Waals surface area contributed by atoms with Crippen LogP contribution in [0.15, 0.2) is 18.2 Å². The van der Waals surface area contributed by atoms with Crippen LogP contribution in [0.3, 0.4) is 0 Å². The van der Waals surface area contributed by atoms with Gasteiger partial charge in [0.25, 0.3) is 0 Å². The van der Waals surface area contributed by atoms with E-state index in [2.05, 4.69) is 37.8 Å². The SMILES string of the molecule is CN.Cc1ccc2c(c1)C[C@@H](C)O2. The maximum atomic E-state index is 5.56. The molecule has 2 N–H and O–H groups in total. The summed E-state index contributed by atoms with van der Waals surface area (Å²) in [6.45, 7) is 4.22. The van der Waals surface area contributed by atoms with Gasteiger partial charge in [-0.15, -0.1) is 0 Å². The van der Waals surface area contributed by atoms with Gasteiger partial charge in [-0.25, -0.2) is 0 Å². The van der Waals surface area contributed by atoms with Crippen molar-refractivity contribution in [1.29, 1.82) is 0 Å². The van der Waals surface area contributed by atoms with Crippen molar-refractivity contribution in [2.24, 2.45) is 5.73 Å². The zero-order chi connectivity index (χ0) is 9.84. The van der Waals surface area contributed by atoms with Gasteiger partial charge in [-0.05, 0) is 32.5 Å². The highest BCUT2D eigenvalue weighted by Crippen LogP contribution is 2.28. The lowest BCUT2D eigenvalue weighted by molar-refractivity contribution is 0.254. The molecule has 1 aliphatic heterocycles. The third-order valence-electron chi connectivity index (χ3n) is 2.05.